The van der Waals surface area contributed by atoms with Gasteiger partial charge in [-0.05, 0) is 25.2 Å². The van der Waals surface area contributed by atoms with Gasteiger partial charge >= 0.3 is 0 Å². The fraction of sp³-hybridized carbons (Fsp3) is 0.867. The van der Waals surface area contributed by atoms with Gasteiger partial charge in [0.25, 0.3) is 0 Å². The van der Waals surface area contributed by atoms with Crippen molar-refractivity contribution in [3.63, 3.8) is 0 Å². The van der Waals surface area contributed by atoms with Crippen LogP contribution in [-0.2, 0) is 9.59 Å². The Kier molecular flexibility index (Phi) is 5.02. The summed E-state index contributed by atoms with van der Waals surface area (Å²) in [4.78, 5) is 28.1. The molecule has 0 spiro atoms. The Morgan fingerprint density at radius 1 is 1.40 bits per heavy atom. The SMILES string of the molecule is CC[C@H](C)[C@H](N)C(=O)N1CCCC(N2CCCC2=O)C1. The van der Waals surface area contributed by atoms with Crippen LogP contribution in [0.1, 0.15) is 46.0 Å². The summed E-state index contributed by atoms with van der Waals surface area (Å²) in [5.41, 5.74) is 6.06. The molecule has 2 aliphatic rings. The molecular formula is C15H27N3O2. The van der Waals surface area contributed by atoms with Crippen molar-refractivity contribution in [1.29, 1.82) is 0 Å². The van der Waals surface area contributed by atoms with Gasteiger partial charge in [-0.2, -0.15) is 0 Å². The van der Waals surface area contributed by atoms with Gasteiger partial charge < -0.3 is 15.5 Å². The zero-order valence-electron chi connectivity index (χ0n) is 12.7. The minimum absolute atomic E-state index is 0.0516. The number of amides is 2. The number of rotatable bonds is 4. The first-order valence-electron chi connectivity index (χ1n) is 7.88. The minimum Gasteiger partial charge on any atom is -0.339 e. The molecule has 0 saturated carbocycles. The van der Waals surface area contributed by atoms with Gasteiger partial charge in [0, 0.05) is 32.1 Å². The molecule has 2 heterocycles. The summed E-state index contributed by atoms with van der Waals surface area (Å²) in [7, 11) is 0. The summed E-state index contributed by atoms with van der Waals surface area (Å²) in [5, 5.41) is 0. The molecule has 0 radical (unpaired) electrons. The number of piperidine rings is 1. The Morgan fingerprint density at radius 2 is 2.15 bits per heavy atom. The van der Waals surface area contributed by atoms with Crippen LogP contribution in [0.5, 0.6) is 0 Å². The summed E-state index contributed by atoms with van der Waals surface area (Å²) in [6, 6.07) is -0.208. The number of hydrogen-bond donors (Lipinski definition) is 1. The van der Waals surface area contributed by atoms with Crippen molar-refractivity contribution in [2.24, 2.45) is 11.7 Å². The lowest BCUT2D eigenvalue weighted by molar-refractivity contribution is -0.139. The van der Waals surface area contributed by atoms with Gasteiger partial charge in [-0.15, -0.1) is 0 Å². The van der Waals surface area contributed by atoms with Gasteiger partial charge in [0.05, 0.1) is 6.04 Å². The van der Waals surface area contributed by atoms with Crippen LogP contribution in [-0.4, -0.2) is 53.3 Å². The van der Waals surface area contributed by atoms with Crippen LogP contribution in [0.25, 0.3) is 0 Å². The quantitative estimate of drug-likeness (QED) is 0.835. The van der Waals surface area contributed by atoms with Crippen LogP contribution < -0.4 is 5.73 Å². The smallest absolute Gasteiger partial charge is 0.239 e. The molecule has 0 aromatic carbocycles. The van der Waals surface area contributed by atoms with Crippen molar-refractivity contribution < 1.29 is 9.59 Å². The lowest BCUT2D eigenvalue weighted by Crippen LogP contribution is -2.55. The summed E-state index contributed by atoms with van der Waals surface area (Å²) < 4.78 is 0. The van der Waals surface area contributed by atoms with Crippen LogP contribution in [0.15, 0.2) is 0 Å². The molecule has 2 rings (SSSR count). The molecule has 1 unspecified atom stereocenters. The third kappa shape index (κ3) is 3.14. The molecule has 0 bridgehead atoms. The Balaban J connectivity index is 1.96. The Labute approximate surface area is 121 Å². The molecule has 2 N–H and O–H groups in total. The topological polar surface area (TPSA) is 66.6 Å². The minimum atomic E-state index is -0.409. The first-order valence-corrected chi connectivity index (χ1v) is 7.88. The lowest BCUT2D eigenvalue weighted by atomic mass is 9.97. The van der Waals surface area contributed by atoms with Gasteiger partial charge in [-0.25, -0.2) is 0 Å². The summed E-state index contributed by atoms with van der Waals surface area (Å²) >= 11 is 0. The second kappa shape index (κ2) is 6.57. The van der Waals surface area contributed by atoms with E-state index in [1.807, 2.05) is 16.7 Å². The van der Waals surface area contributed by atoms with Crippen LogP contribution in [0.3, 0.4) is 0 Å². The van der Waals surface area contributed by atoms with Gasteiger partial charge in [-0.3, -0.25) is 9.59 Å². The van der Waals surface area contributed by atoms with Crippen molar-refractivity contribution in [1.82, 2.24) is 9.80 Å². The van der Waals surface area contributed by atoms with E-state index < -0.39 is 6.04 Å². The van der Waals surface area contributed by atoms with E-state index in [1.54, 1.807) is 0 Å². The Morgan fingerprint density at radius 3 is 2.75 bits per heavy atom. The molecule has 2 saturated heterocycles. The van der Waals surface area contributed by atoms with E-state index in [9.17, 15) is 9.59 Å². The third-order valence-electron chi connectivity index (χ3n) is 4.80. The normalized spacial score (nSPS) is 26.8. The second-order valence-corrected chi connectivity index (χ2v) is 6.18. The molecule has 0 aromatic rings. The first-order chi connectivity index (χ1) is 9.54. The summed E-state index contributed by atoms with van der Waals surface area (Å²) in [5.74, 6) is 0.502. The standard InChI is InChI=1S/C15H27N3O2/c1-3-11(2)14(16)15(20)17-8-4-6-12(10-17)18-9-5-7-13(18)19/h11-12,14H,3-10,16H2,1-2H3/t11-,12?,14-/m0/s1. The molecule has 2 amide bonds. The Hall–Kier alpha value is -1.10. The van der Waals surface area contributed by atoms with E-state index in [4.69, 9.17) is 5.73 Å². The molecule has 114 valence electrons. The number of carbonyl (C=O) groups is 2. The highest BCUT2D eigenvalue weighted by atomic mass is 16.2. The fourth-order valence-corrected chi connectivity index (χ4v) is 3.17. The van der Waals surface area contributed by atoms with Gasteiger partial charge in [0.2, 0.25) is 11.8 Å². The molecule has 0 aliphatic carbocycles. The highest BCUT2D eigenvalue weighted by molar-refractivity contribution is 5.82. The monoisotopic (exact) mass is 281 g/mol. The molecule has 20 heavy (non-hydrogen) atoms. The van der Waals surface area contributed by atoms with Gasteiger partial charge in [0.1, 0.15) is 0 Å². The number of hydrogen-bond acceptors (Lipinski definition) is 3. The number of carbonyl (C=O) groups excluding carboxylic acids is 2. The third-order valence-corrected chi connectivity index (χ3v) is 4.80. The molecule has 2 aliphatic heterocycles. The second-order valence-electron chi connectivity index (χ2n) is 6.18. The van der Waals surface area contributed by atoms with Crippen LogP contribution in [0.2, 0.25) is 0 Å². The van der Waals surface area contributed by atoms with Crippen molar-refractivity contribution in [2.45, 2.75) is 58.0 Å². The maximum absolute atomic E-state index is 12.4. The zero-order valence-corrected chi connectivity index (χ0v) is 12.7. The molecular weight excluding hydrogens is 254 g/mol. The van der Waals surface area contributed by atoms with Crippen LogP contribution in [0, 0.1) is 5.92 Å². The van der Waals surface area contributed by atoms with Crippen molar-refractivity contribution in [3.05, 3.63) is 0 Å². The Bertz CT molecular complexity index is 372. The highest BCUT2D eigenvalue weighted by Crippen LogP contribution is 2.22. The average Bonchev–Trinajstić information content (AvgIpc) is 2.91. The summed E-state index contributed by atoms with van der Waals surface area (Å²) in [6.07, 6.45) is 4.50. The van der Waals surface area contributed by atoms with E-state index in [-0.39, 0.29) is 23.8 Å². The van der Waals surface area contributed by atoms with Crippen molar-refractivity contribution in [2.75, 3.05) is 19.6 Å². The number of likely N-dealkylation sites (tertiary alicyclic amines) is 2. The van der Waals surface area contributed by atoms with E-state index in [1.165, 1.54) is 0 Å². The summed E-state index contributed by atoms with van der Waals surface area (Å²) in [6.45, 7) is 6.37. The van der Waals surface area contributed by atoms with E-state index in [0.29, 0.717) is 13.0 Å². The van der Waals surface area contributed by atoms with Crippen LogP contribution >= 0.6 is 0 Å². The predicted octanol–water partition coefficient (Wildman–Crippen LogP) is 0.973. The van der Waals surface area contributed by atoms with Crippen LogP contribution in [0.4, 0.5) is 0 Å². The van der Waals surface area contributed by atoms with Crippen molar-refractivity contribution >= 4 is 11.8 Å². The van der Waals surface area contributed by atoms with E-state index >= 15 is 0 Å². The number of nitrogens with two attached hydrogens (primary N) is 1. The first kappa shape index (κ1) is 15.3. The molecule has 0 aromatic heterocycles. The van der Waals surface area contributed by atoms with E-state index in [0.717, 1.165) is 38.8 Å². The number of nitrogens with zero attached hydrogens (tertiary/aromatic N) is 2. The molecule has 5 nitrogen and oxygen atoms in total. The zero-order chi connectivity index (χ0) is 14.7. The van der Waals surface area contributed by atoms with E-state index in [2.05, 4.69) is 6.92 Å². The molecule has 2 fully saturated rings. The van der Waals surface area contributed by atoms with Crippen molar-refractivity contribution in [3.8, 4) is 0 Å². The van der Waals surface area contributed by atoms with Gasteiger partial charge in [-0.1, -0.05) is 20.3 Å². The molecule has 5 heteroatoms. The fourth-order valence-electron chi connectivity index (χ4n) is 3.17. The highest BCUT2D eigenvalue weighted by Gasteiger charge is 2.34. The maximum atomic E-state index is 12.4. The lowest BCUT2D eigenvalue weighted by Gasteiger charge is -2.39. The molecule has 3 atom stereocenters. The predicted molar refractivity (Wildman–Crippen MR) is 78.0 cm³/mol. The largest absolute Gasteiger partial charge is 0.339 e. The average molecular weight is 281 g/mol. The maximum Gasteiger partial charge on any atom is 0.239 e. The van der Waals surface area contributed by atoms with Gasteiger partial charge in [0.15, 0.2) is 0 Å².